The predicted octanol–water partition coefficient (Wildman–Crippen LogP) is 6.53. The number of benzene rings is 4. The van der Waals surface area contributed by atoms with Crippen LogP contribution in [0.1, 0.15) is 52.4 Å². The highest BCUT2D eigenvalue weighted by Gasteiger charge is 2.32. The summed E-state index contributed by atoms with van der Waals surface area (Å²) in [5, 5.41) is 15.4. The largest absolute Gasteiger partial charge is 0.478 e. The van der Waals surface area contributed by atoms with E-state index in [-0.39, 0.29) is 23.4 Å². The summed E-state index contributed by atoms with van der Waals surface area (Å²) in [6.45, 7) is 4.48. The van der Waals surface area contributed by atoms with Gasteiger partial charge in [0, 0.05) is 31.1 Å². The molecule has 0 bridgehead atoms. The van der Waals surface area contributed by atoms with Gasteiger partial charge in [0.15, 0.2) is 0 Å². The molecule has 1 amide bonds. The molecule has 1 fully saturated rings. The summed E-state index contributed by atoms with van der Waals surface area (Å²) < 4.78 is 0. The normalized spacial score (nSPS) is 18.3. The van der Waals surface area contributed by atoms with E-state index in [0.29, 0.717) is 19.0 Å². The van der Waals surface area contributed by atoms with Gasteiger partial charge in [0.2, 0.25) is 5.91 Å². The van der Waals surface area contributed by atoms with Crippen LogP contribution in [0.5, 0.6) is 0 Å². The molecule has 198 valence electrons. The zero-order chi connectivity index (χ0) is 27.2. The highest BCUT2D eigenvalue weighted by molar-refractivity contribution is 5.92. The van der Waals surface area contributed by atoms with Gasteiger partial charge >= 0.3 is 5.97 Å². The van der Waals surface area contributed by atoms with Crippen LogP contribution in [0.25, 0.3) is 16.8 Å². The zero-order valence-electron chi connectivity index (χ0n) is 22.2. The number of amides is 1. The quantitative estimate of drug-likeness (QED) is 0.260. The molecular formula is C34H34N2O3. The van der Waals surface area contributed by atoms with Gasteiger partial charge in [-0.3, -0.25) is 4.79 Å². The molecule has 0 radical (unpaired) electrons. The highest BCUT2D eigenvalue weighted by atomic mass is 16.4. The van der Waals surface area contributed by atoms with Gasteiger partial charge in [0.25, 0.3) is 0 Å². The fourth-order valence-electron chi connectivity index (χ4n) is 5.60. The van der Waals surface area contributed by atoms with Gasteiger partial charge in [0.1, 0.15) is 0 Å². The minimum atomic E-state index is -0.961. The number of likely N-dealkylation sites (tertiary alicyclic amines) is 1. The molecule has 4 aromatic rings. The number of fused-ring (bicyclic) bond motifs is 1. The number of rotatable bonds is 8. The molecule has 39 heavy (non-hydrogen) atoms. The second-order valence-corrected chi connectivity index (χ2v) is 10.3. The van der Waals surface area contributed by atoms with Crippen molar-refractivity contribution in [3.8, 4) is 0 Å². The smallest absolute Gasteiger partial charge is 0.335 e. The maximum absolute atomic E-state index is 13.1. The molecule has 4 aromatic carbocycles. The van der Waals surface area contributed by atoms with Crippen LogP contribution in [0.4, 0.5) is 0 Å². The van der Waals surface area contributed by atoms with E-state index in [1.165, 1.54) is 21.9 Å². The number of aromatic carboxylic acids is 1. The van der Waals surface area contributed by atoms with Gasteiger partial charge in [-0.15, -0.1) is 0 Å². The van der Waals surface area contributed by atoms with Crippen LogP contribution in [-0.4, -0.2) is 41.5 Å². The molecule has 5 heteroatoms. The second-order valence-electron chi connectivity index (χ2n) is 10.3. The lowest BCUT2D eigenvalue weighted by atomic mass is 9.80. The second kappa shape index (κ2) is 12.1. The van der Waals surface area contributed by atoms with Crippen molar-refractivity contribution in [2.75, 3.05) is 19.6 Å². The van der Waals surface area contributed by atoms with Gasteiger partial charge < -0.3 is 15.3 Å². The average molecular weight is 519 g/mol. The summed E-state index contributed by atoms with van der Waals surface area (Å²) in [5.41, 5.74) is 3.59. The summed E-state index contributed by atoms with van der Waals surface area (Å²) in [4.78, 5) is 26.2. The number of nitrogens with zero attached hydrogens (tertiary/aromatic N) is 1. The lowest BCUT2D eigenvalue weighted by Gasteiger charge is -2.39. The average Bonchev–Trinajstić information content (AvgIpc) is 2.99. The minimum Gasteiger partial charge on any atom is -0.478 e. The molecule has 0 saturated carbocycles. The molecule has 1 aliphatic heterocycles. The Kier molecular flexibility index (Phi) is 8.18. The summed E-state index contributed by atoms with van der Waals surface area (Å²) >= 11 is 0. The van der Waals surface area contributed by atoms with Crippen molar-refractivity contribution in [1.82, 2.24) is 10.2 Å². The Morgan fingerprint density at radius 1 is 0.949 bits per heavy atom. The molecule has 5 nitrogen and oxygen atoms in total. The Morgan fingerprint density at radius 3 is 2.44 bits per heavy atom. The number of carbonyl (C=O) groups is 2. The number of carboxylic acid groups (broad SMARTS) is 1. The van der Waals surface area contributed by atoms with E-state index in [2.05, 4.69) is 79.0 Å². The van der Waals surface area contributed by atoms with E-state index in [9.17, 15) is 9.59 Å². The standard InChI is InChI=1S/C34H34N2O3/c1-24(30-13-7-11-26-10-5-6-12-31(26)30)35-22-29-20-21-36(23-32(29)27-8-3-2-4-9-27)33(37)19-16-25-14-17-28(18-15-25)34(38)39/h2-19,24,29,32,35H,20-23H2,1H3,(H,38,39)/b19-16+/t24-,29?,32?/m1/s1. The molecule has 1 saturated heterocycles. The number of carboxylic acids is 1. The number of hydrogen-bond acceptors (Lipinski definition) is 3. The van der Waals surface area contributed by atoms with Gasteiger partial charge in [0.05, 0.1) is 5.56 Å². The van der Waals surface area contributed by atoms with Crippen molar-refractivity contribution >= 4 is 28.7 Å². The number of piperidine rings is 1. The molecule has 1 aliphatic rings. The third kappa shape index (κ3) is 6.27. The molecule has 5 rings (SSSR count). The van der Waals surface area contributed by atoms with Crippen LogP contribution < -0.4 is 5.32 Å². The number of nitrogens with one attached hydrogen (secondary N) is 1. The summed E-state index contributed by atoms with van der Waals surface area (Å²) in [7, 11) is 0. The lowest BCUT2D eigenvalue weighted by Crippen LogP contribution is -2.45. The monoisotopic (exact) mass is 518 g/mol. The van der Waals surface area contributed by atoms with Crippen LogP contribution in [0.15, 0.2) is 103 Å². The first kappa shape index (κ1) is 26.4. The summed E-state index contributed by atoms with van der Waals surface area (Å²) in [6.07, 6.45) is 4.27. The maximum Gasteiger partial charge on any atom is 0.335 e. The van der Waals surface area contributed by atoms with E-state index < -0.39 is 5.97 Å². The van der Waals surface area contributed by atoms with E-state index in [4.69, 9.17) is 5.11 Å². The third-order valence-electron chi connectivity index (χ3n) is 7.85. The van der Waals surface area contributed by atoms with E-state index in [1.807, 2.05) is 11.0 Å². The number of carbonyl (C=O) groups excluding carboxylic acids is 1. The van der Waals surface area contributed by atoms with Crippen molar-refractivity contribution < 1.29 is 14.7 Å². The van der Waals surface area contributed by atoms with Crippen molar-refractivity contribution in [3.05, 3.63) is 125 Å². The topological polar surface area (TPSA) is 69.6 Å². The van der Waals surface area contributed by atoms with Crippen LogP contribution in [0.3, 0.4) is 0 Å². The first-order valence-electron chi connectivity index (χ1n) is 13.6. The molecule has 3 atom stereocenters. The molecule has 1 heterocycles. The first-order chi connectivity index (χ1) is 19.0. The van der Waals surface area contributed by atoms with Crippen molar-refractivity contribution in [3.63, 3.8) is 0 Å². The Labute approximate surface area is 229 Å². The highest BCUT2D eigenvalue weighted by Crippen LogP contribution is 2.33. The molecule has 2 N–H and O–H groups in total. The third-order valence-corrected chi connectivity index (χ3v) is 7.85. The Morgan fingerprint density at radius 2 is 1.67 bits per heavy atom. The molecule has 0 aromatic heterocycles. The predicted molar refractivity (Wildman–Crippen MR) is 157 cm³/mol. The number of hydrogen-bond donors (Lipinski definition) is 2. The molecule has 0 aliphatic carbocycles. The Balaban J connectivity index is 1.27. The Hall–Kier alpha value is -4.22. The fraction of sp³-hybridized carbons (Fsp3) is 0.235. The van der Waals surface area contributed by atoms with E-state index >= 15 is 0 Å². The molecule has 2 unspecified atom stereocenters. The summed E-state index contributed by atoms with van der Waals surface area (Å²) in [6, 6.07) is 32.3. The van der Waals surface area contributed by atoms with Gasteiger partial charge in [-0.05, 0) is 71.5 Å². The van der Waals surface area contributed by atoms with Crippen molar-refractivity contribution in [1.29, 1.82) is 0 Å². The maximum atomic E-state index is 13.1. The summed E-state index contributed by atoms with van der Waals surface area (Å²) in [5.74, 6) is -0.341. The Bertz CT molecular complexity index is 1460. The van der Waals surface area contributed by atoms with E-state index in [1.54, 1.807) is 36.4 Å². The lowest BCUT2D eigenvalue weighted by molar-refractivity contribution is -0.127. The SMILES string of the molecule is C[C@@H](NCC1CCN(C(=O)/C=C/c2ccc(C(=O)O)cc2)CC1c1ccccc1)c1cccc2ccccc12. The van der Waals surface area contributed by atoms with Crippen molar-refractivity contribution in [2.45, 2.75) is 25.3 Å². The van der Waals surface area contributed by atoms with E-state index in [0.717, 1.165) is 18.5 Å². The van der Waals surface area contributed by atoms with Crippen LogP contribution in [0, 0.1) is 5.92 Å². The molecular weight excluding hydrogens is 484 g/mol. The zero-order valence-corrected chi connectivity index (χ0v) is 22.2. The minimum absolute atomic E-state index is 0.0197. The first-order valence-corrected chi connectivity index (χ1v) is 13.6. The van der Waals surface area contributed by atoms with Crippen LogP contribution in [0.2, 0.25) is 0 Å². The van der Waals surface area contributed by atoms with Gasteiger partial charge in [-0.25, -0.2) is 4.79 Å². The van der Waals surface area contributed by atoms with Crippen molar-refractivity contribution in [2.24, 2.45) is 5.92 Å². The molecule has 0 spiro atoms. The van der Waals surface area contributed by atoms with Crippen LogP contribution >= 0.6 is 0 Å². The van der Waals surface area contributed by atoms with Crippen LogP contribution in [-0.2, 0) is 4.79 Å². The fourth-order valence-corrected chi connectivity index (χ4v) is 5.60. The van der Waals surface area contributed by atoms with Gasteiger partial charge in [-0.2, -0.15) is 0 Å². The van der Waals surface area contributed by atoms with Gasteiger partial charge in [-0.1, -0.05) is 84.9 Å².